The van der Waals surface area contributed by atoms with Gasteiger partial charge in [0.2, 0.25) is 0 Å². The third kappa shape index (κ3) is 24.9. The molecule has 0 rings (SSSR count). The Morgan fingerprint density at radius 3 is 1.18 bits per heavy atom. The summed E-state index contributed by atoms with van der Waals surface area (Å²) < 4.78 is 10.9. The molecule has 0 bridgehead atoms. The molecule has 0 aromatic rings. The summed E-state index contributed by atoms with van der Waals surface area (Å²) in [6.07, 6.45) is 15.7. The summed E-state index contributed by atoms with van der Waals surface area (Å²) in [5, 5.41) is 11.2. The zero-order valence-corrected chi connectivity index (χ0v) is 28.9. The summed E-state index contributed by atoms with van der Waals surface area (Å²) in [7, 11) is 0. The van der Waals surface area contributed by atoms with Crippen LogP contribution in [-0.4, -0.2) is 62.4 Å². The lowest BCUT2D eigenvalue weighted by Crippen LogP contribution is -2.47. The molecule has 0 saturated carbocycles. The molecule has 2 unspecified atom stereocenters. The van der Waals surface area contributed by atoms with Gasteiger partial charge < -0.3 is 30.7 Å². The molecule has 0 aliphatic heterocycles. The number of hydrogen-bond donors (Lipinski definition) is 4. The van der Waals surface area contributed by atoms with Crippen LogP contribution in [-0.2, 0) is 19.1 Å². The number of esters is 2. The van der Waals surface area contributed by atoms with E-state index < -0.39 is 24.0 Å². The summed E-state index contributed by atoms with van der Waals surface area (Å²) >= 11 is 0. The highest BCUT2D eigenvalue weighted by atomic mass is 16.5. The van der Waals surface area contributed by atoms with Crippen LogP contribution in [0.3, 0.4) is 0 Å². The molecule has 0 saturated heterocycles. The lowest BCUT2D eigenvalue weighted by atomic mass is 10.0. The summed E-state index contributed by atoms with van der Waals surface area (Å²) in [5.41, 5.74) is 0. The van der Waals surface area contributed by atoms with Crippen molar-refractivity contribution in [2.24, 2.45) is 11.8 Å². The van der Waals surface area contributed by atoms with Crippen LogP contribution in [0.4, 0.5) is 9.59 Å². The molecule has 0 aromatic carbocycles. The fourth-order valence-corrected chi connectivity index (χ4v) is 4.75. The second-order valence-electron chi connectivity index (χ2n) is 12.7. The zero-order valence-electron chi connectivity index (χ0n) is 28.9. The van der Waals surface area contributed by atoms with Crippen molar-refractivity contribution < 1.29 is 28.7 Å². The van der Waals surface area contributed by atoms with E-state index >= 15 is 0 Å². The van der Waals surface area contributed by atoms with Crippen LogP contribution >= 0.6 is 0 Å². The van der Waals surface area contributed by atoms with Crippen molar-refractivity contribution in [3.05, 3.63) is 0 Å². The van der Waals surface area contributed by atoms with Gasteiger partial charge in [-0.15, -0.1) is 0 Å². The average molecular weight is 627 g/mol. The minimum absolute atomic E-state index is 0.167. The summed E-state index contributed by atoms with van der Waals surface area (Å²) in [4.78, 5) is 50.1. The van der Waals surface area contributed by atoms with Gasteiger partial charge in [-0.25, -0.2) is 19.2 Å². The van der Waals surface area contributed by atoms with Gasteiger partial charge in [0, 0.05) is 13.1 Å². The SMILES string of the molecule is CCCCCCCCNC(=O)NC(CC(C)C)C(=O)OCCCCOC(=O)C(CC(C)C)NC(=O)NCCCCCCCC. The Bertz CT molecular complexity index is 700. The molecule has 44 heavy (non-hydrogen) atoms. The van der Waals surface area contributed by atoms with Crippen LogP contribution < -0.4 is 21.3 Å². The molecular weight excluding hydrogens is 560 g/mol. The van der Waals surface area contributed by atoms with Crippen molar-refractivity contribution in [1.29, 1.82) is 0 Å². The molecule has 10 nitrogen and oxygen atoms in total. The number of amides is 4. The number of nitrogens with one attached hydrogen (secondary N) is 4. The number of ether oxygens (including phenoxy) is 2. The van der Waals surface area contributed by atoms with Crippen LogP contribution in [0.5, 0.6) is 0 Å². The molecular formula is C34H66N4O6. The van der Waals surface area contributed by atoms with E-state index in [1.165, 1.54) is 51.4 Å². The van der Waals surface area contributed by atoms with Crippen molar-refractivity contribution in [2.45, 2.75) is 156 Å². The Hall–Kier alpha value is -2.52. The molecule has 0 aliphatic carbocycles. The molecule has 4 amide bonds. The van der Waals surface area contributed by atoms with E-state index in [-0.39, 0.29) is 37.1 Å². The Morgan fingerprint density at radius 2 is 0.841 bits per heavy atom. The molecule has 258 valence electrons. The molecule has 0 aliphatic rings. The minimum Gasteiger partial charge on any atom is -0.464 e. The van der Waals surface area contributed by atoms with Gasteiger partial charge in [0.15, 0.2) is 0 Å². The van der Waals surface area contributed by atoms with Gasteiger partial charge in [-0.3, -0.25) is 0 Å². The van der Waals surface area contributed by atoms with Gasteiger partial charge in [-0.05, 0) is 50.4 Å². The second-order valence-corrected chi connectivity index (χ2v) is 12.7. The summed E-state index contributed by atoms with van der Waals surface area (Å²) in [6.45, 7) is 13.8. The van der Waals surface area contributed by atoms with Crippen molar-refractivity contribution in [3.8, 4) is 0 Å². The first-order chi connectivity index (χ1) is 21.1. The molecule has 10 heteroatoms. The van der Waals surface area contributed by atoms with Crippen LogP contribution in [0.2, 0.25) is 0 Å². The molecule has 0 aromatic heterocycles. The quantitative estimate of drug-likeness (QED) is 0.0573. The predicted molar refractivity (Wildman–Crippen MR) is 177 cm³/mol. The van der Waals surface area contributed by atoms with E-state index in [9.17, 15) is 19.2 Å². The topological polar surface area (TPSA) is 135 Å². The first-order valence-corrected chi connectivity index (χ1v) is 17.5. The molecule has 0 heterocycles. The lowest BCUT2D eigenvalue weighted by Gasteiger charge is -2.20. The Balaban J connectivity index is 4.37. The summed E-state index contributed by atoms with van der Waals surface area (Å²) in [5.74, 6) is -0.510. The third-order valence-electron chi connectivity index (χ3n) is 7.25. The lowest BCUT2D eigenvalue weighted by molar-refractivity contribution is -0.148. The Morgan fingerprint density at radius 1 is 0.500 bits per heavy atom. The highest BCUT2D eigenvalue weighted by Gasteiger charge is 2.24. The van der Waals surface area contributed by atoms with Crippen molar-refractivity contribution in [2.75, 3.05) is 26.3 Å². The monoisotopic (exact) mass is 626 g/mol. The van der Waals surface area contributed by atoms with Crippen molar-refractivity contribution >= 4 is 24.0 Å². The normalized spacial score (nSPS) is 12.5. The number of urea groups is 2. The Kier molecular flexibility index (Phi) is 26.4. The van der Waals surface area contributed by atoms with E-state index in [0.717, 1.165) is 25.7 Å². The van der Waals surface area contributed by atoms with E-state index in [4.69, 9.17) is 9.47 Å². The third-order valence-corrected chi connectivity index (χ3v) is 7.25. The van der Waals surface area contributed by atoms with E-state index in [1.807, 2.05) is 27.7 Å². The number of unbranched alkanes of at least 4 members (excludes halogenated alkanes) is 11. The highest BCUT2D eigenvalue weighted by Crippen LogP contribution is 2.10. The van der Waals surface area contributed by atoms with Gasteiger partial charge in [-0.1, -0.05) is 106 Å². The van der Waals surface area contributed by atoms with E-state index in [1.54, 1.807) is 0 Å². The van der Waals surface area contributed by atoms with E-state index in [2.05, 4.69) is 35.1 Å². The standard InChI is InChI=1S/C34H66N4O6/c1-7-9-11-13-15-17-21-35-33(41)37-29(25-27(3)4)31(39)43-23-19-20-24-44-32(40)30(26-28(5)6)38-34(42)36-22-18-16-14-12-10-8-2/h27-30H,7-26H2,1-6H3,(H2,35,37,41)(H2,36,38,42). The summed E-state index contributed by atoms with van der Waals surface area (Å²) in [6, 6.07) is -2.14. The van der Waals surface area contributed by atoms with Crippen molar-refractivity contribution in [1.82, 2.24) is 21.3 Å². The zero-order chi connectivity index (χ0) is 33.0. The fourth-order valence-electron chi connectivity index (χ4n) is 4.75. The van der Waals surface area contributed by atoms with Crippen LogP contribution in [0, 0.1) is 11.8 Å². The highest BCUT2D eigenvalue weighted by molar-refractivity contribution is 5.84. The largest absolute Gasteiger partial charge is 0.464 e. The molecule has 0 radical (unpaired) electrons. The van der Waals surface area contributed by atoms with Crippen LogP contribution in [0.25, 0.3) is 0 Å². The van der Waals surface area contributed by atoms with Gasteiger partial charge in [-0.2, -0.15) is 0 Å². The van der Waals surface area contributed by atoms with E-state index in [0.29, 0.717) is 38.8 Å². The smallest absolute Gasteiger partial charge is 0.328 e. The Labute approximate surface area is 268 Å². The number of rotatable bonds is 27. The fraction of sp³-hybridized carbons (Fsp3) is 0.882. The van der Waals surface area contributed by atoms with Crippen LogP contribution in [0.15, 0.2) is 0 Å². The minimum atomic E-state index is -0.715. The number of carbonyl (C=O) groups excluding carboxylic acids is 4. The predicted octanol–water partition coefficient (Wildman–Crippen LogP) is 7.00. The maximum absolute atomic E-state index is 12.7. The second kappa shape index (κ2) is 28.0. The molecule has 2 atom stereocenters. The number of hydrogen-bond acceptors (Lipinski definition) is 6. The maximum atomic E-state index is 12.7. The van der Waals surface area contributed by atoms with Gasteiger partial charge in [0.1, 0.15) is 12.1 Å². The molecule has 0 spiro atoms. The average Bonchev–Trinajstić information content (AvgIpc) is 2.96. The first-order valence-electron chi connectivity index (χ1n) is 17.5. The number of carbonyl (C=O) groups is 4. The van der Waals surface area contributed by atoms with Gasteiger partial charge in [0.25, 0.3) is 0 Å². The van der Waals surface area contributed by atoms with Crippen molar-refractivity contribution in [3.63, 3.8) is 0 Å². The first kappa shape index (κ1) is 41.5. The molecule has 0 fully saturated rings. The molecule has 4 N–H and O–H groups in total. The van der Waals surface area contributed by atoms with Gasteiger partial charge >= 0.3 is 24.0 Å². The maximum Gasteiger partial charge on any atom is 0.328 e. The van der Waals surface area contributed by atoms with Crippen LogP contribution in [0.1, 0.15) is 144 Å². The van der Waals surface area contributed by atoms with Gasteiger partial charge in [0.05, 0.1) is 13.2 Å².